The minimum Gasteiger partial charge on any atom is -0.508 e. The molecule has 0 aliphatic heterocycles. The zero-order valence-electron chi connectivity index (χ0n) is 14.4. The number of benzene rings is 1. The first-order chi connectivity index (χ1) is 13.2. The summed E-state index contributed by atoms with van der Waals surface area (Å²) >= 11 is 3.41. The number of rotatable bonds is 3. The van der Waals surface area contributed by atoms with Gasteiger partial charge in [0.2, 0.25) is 0 Å². The van der Waals surface area contributed by atoms with E-state index >= 15 is 0 Å². The largest absolute Gasteiger partial charge is 0.508 e. The number of nitrogens with zero attached hydrogens (tertiary/aromatic N) is 2. The van der Waals surface area contributed by atoms with E-state index in [0.29, 0.717) is 11.3 Å². The molecule has 3 heterocycles. The van der Waals surface area contributed by atoms with Gasteiger partial charge in [0.15, 0.2) is 0 Å². The predicted octanol–water partition coefficient (Wildman–Crippen LogP) is 4.67. The van der Waals surface area contributed by atoms with Gasteiger partial charge in [-0.25, -0.2) is 14.8 Å². The lowest BCUT2D eigenvalue weighted by atomic mass is 9.97. The van der Waals surface area contributed by atoms with Gasteiger partial charge in [-0.2, -0.15) is 0 Å². The lowest BCUT2D eigenvalue weighted by Crippen LogP contribution is -2.00. The number of hydrogen-bond donors (Lipinski definition) is 1. The molecule has 0 atom stereocenters. The number of phenolic OH excluding ortho intramolecular Hbond substituents is 1. The Morgan fingerprint density at radius 3 is 3.00 bits per heavy atom. The van der Waals surface area contributed by atoms with Crippen LogP contribution in [0.15, 0.2) is 44.8 Å². The summed E-state index contributed by atoms with van der Waals surface area (Å²) in [6.07, 6.45) is 6.31. The van der Waals surface area contributed by atoms with E-state index in [0.717, 1.165) is 33.6 Å². The maximum Gasteiger partial charge on any atom is 0.336 e. The van der Waals surface area contributed by atoms with Gasteiger partial charge in [0.1, 0.15) is 27.5 Å². The Kier molecular flexibility index (Phi) is 4.13. The number of fused-ring (bicyclic) bond motifs is 4. The molecule has 1 aromatic carbocycles. The van der Waals surface area contributed by atoms with E-state index in [9.17, 15) is 9.90 Å². The van der Waals surface area contributed by atoms with Crippen LogP contribution in [-0.2, 0) is 18.6 Å². The number of aromatic nitrogens is 2. The molecule has 1 aliphatic rings. The summed E-state index contributed by atoms with van der Waals surface area (Å²) in [6, 6.07) is 6.39. The van der Waals surface area contributed by atoms with Crippen LogP contribution >= 0.6 is 23.1 Å². The molecule has 0 amide bonds. The van der Waals surface area contributed by atoms with Crippen molar-refractivity contribution < 1.29 is 9.52 Å². The summed E-state index contributed by atoms with van der Waals surface area (Å²) in [4.78, 5) is 23.4. The standard InChI is InChI=1S/C20H16N2O3S2/c23-12-5-6-13-11(7-17(24)25-15(13)8-12)9-26-19-18-14-3-1-2-4-16(14)27-20(18)22-10-21-19/h5-8,10,23H,1-4,9H2. The number of thiophene rings is 1. The first-order valence-electron chi connectivity index (χ1n) is 8.83. The fourth-order valence-electron chi connectivity index (χ4n) is 3.65. The van der Waals surface area contributed by atoms with Crippen molar-refractivity contribution in [2.24, 2.45) is 0 Å². The molecule has 27 heavy (non-hydrogen) atoms. The minimum atomic E-state index is -0.413. The van der Waals surface area contributed by atoms with Crippen LogP contribution in [0.2, 0.25) is 0 Å². The quantitative estimate of drug-likeness (QED) is 0.308. The highest BCUT2D eigenvalue weighted by Crippen LogP contribution is 2.40. The van der Waals surface area contributed by atoms with Crippen LogP contribution in [-0.4, -0.2) is 15.1 Å². The van der Waals surface area contributed by atoms with Gasteiger partial charge in [-0.15, -0.1) is 23.1 Å². The van der Waals surface area contributed by atoms with Crippen molar-refractivity contribution in [3.05, 3.63) is 57.0 Å². The molecule has 5 nitrogen and oxygen atoms in total. The van der Waals surface area contributed by atoms with E-state index in [4.69, 9.17) is 4.42 Å². The third-order valence-electron chi connectivity index (χ3n) is 4.89. The zero-order valence-corrected chi connectivity index (χ0v) is 16.0. The van der Waals surface area contributed by atoms with E-state index in [2.05, 4.69) is 9.97 Å². The van der Waals surface area contributed by atoms with Crippen LogP contribution in [0.4, 0.5) is 0 Å². The molecular weight excluding hydrogens is 380 g/mol. The topological polar surface area (TPSA) is 76.2 Å². The number of thioether (sulfide) groups is 1. The Morgan fingerprint density at radius 1 is 1.19 bits per heavy atom. The summed E-state index contributed by atoms with van der Waals surface area (Å²) in [6.45, 7) is 0. The van der Waals surface area contributed by atoms with Crippen molar-refractivity contribution in [1.82, 2.24) is 9.97 Å². The van der Waals surface area contributed by atoms with Crippen molar-refractivity contribution in [2.75, 3.05) is 0 Å². The summed E-state index contributed by atoms with van der Waals surface area (Å²) in [5, 5.41) is 12.6. The molecule has 0 radical (unpaired) electrons. The van der Waals surface area contributed by atoms with Gasteiger partial charge in [0, 0.05) is 33.5 Å². The Bertz CT molecular complexity index is 1230. The van der Waals surface area contributed by atoms with Crippen molar-refractivity contribution in [3.63, 3.8) is 0 Å². The fraction of sp³-hybridized carbons (Fsp3) is 0.250. The fourth-order valence-corrected chi connectivity index (χ4v) is 5.97. The molecule has 0 fully saturated rings. The second kappa shape index (κ2) is 6.65. The monoisotopic (exact) mass is 396 g/mol. The van der Waals surface area contributed by atoms with E-state index in [-0.39, 0.29) is 5.75 Å². The van der Waals surface area contributed by atoms with Crippen LogP contribution < -0.4 is 5.63 Å². The van der Waals surface area contributed by atoms with Gasteiger partial charge in [-0.1, -0.05) is 0 Å². The molecular formula is C20H16N2O3S2. The number of aromatic hydroxyl groups is 1. The molecule has 1 aliphatic carbocycles. The van der Waals surface area contributed by atoms with Gasteiger partial charge >= 0.3 is 5.63 Å². The molecule has 0 saturated carbocycles. The van der Waals surface area contributed by atoms with Crippen molar-refractivity contribution >= 4 is 44.3 Å². The second-order valence-electron chi connectivity index (χ2n) is 6.63. The second-order valence-corrected chi connectivity index (χ2v) is 8.68. The number of hydrogen-bond acceptors (Lipinski definition) is 7. The molecule has 1 N–H and O–H groups in total. The number of phenols is 1. The first kappa shape index (κ1) is 16.8. The first-order valence-corrected chi connectivity index (χ1v) is 10.6. The zero-order chi connectivity index (χ0) is 18.4. The average molecular weight is 396 g/mol. The molecule has 5 rings (SSSR count). The average Bonchev–Trinajstić information content (AvgIpc) is 3.04. The summed E-state index contributed by atoms with van der Waals surface area (Å²) in [7, 11) is 0. The summed E-state index contributed by atoms with van der Waals surface area (Å²) in [5.74, 6) is 0.682. The van der Waals surface area contributed by atoms with Gasteiger partial charge in [0.05, 0.1) is 0 Å². The van der Waals surface area contributed by atoms with Crippen molar-refractivity contribution in [3.8, 4) is 5.75 Å². The predicted molar refractivity (Wildman–Crippen MR) is 108 cm³/mol. The highest BCUT2D eigenvalue weighted by molar-refractivity contribution is 7.98. The molecule has 136 valence electrons. The van der Waals surface area contributed by atoms with Crippen LogP contribution in [0, 0.1) is 0 Å². The molecule has 0 bridgehead atoms. The molecule has 0 unspecified atom stereocenters. The Morgan fingerprint density at radius 2 is 2.07 bits per heavy atom. The Balaban J connectivity index is 1.55. The lowest BCUT2D eigenvalue weighted by molar-refractivity contribution is 0.473. The van der Waals surface area contributed by atoms with Crippen LogP contribution in [0.5, 0.6) is 5.75 Å². The molecule has 7 heteroatoms. The maximum atomic E-state index is 11.9. The smallest absolute Gasteiger partial charge is 0.336 e. The van der Waals surface area contributed by atoms with Crippen LogP contribution in [0.25, 0.3) is 21.2 Å². The highest BCUT2D eigenvalue weighted by atomic mass is 32.2. The Labute approximate surface area is 163 Å². The van der Waals surface area contributed by atoms with Crippen LogP contribution in [0.3, 0.4) is 0 Å². The Hall–Kier alpha value is -2.38. The van der Waals surface area contributed by atoms with Crippen molar-refractivity contribution in [1.29, 1.82) is 0 Å². The third-order valence-corrected chi connectivity index (χ3v) is 7.13. The third kappa shape index (κ3) is 3.00. The lowest BCUT2D eigenvalue weighted by Gasteiger charge is -2.11. The SMILES string of the molecule is O=c1cc(CSc2ncnc3sc4c(c23)CCCC4)c2ccc(O)cc2o1. The van der Waals surface area contributed by atoms with Gasteiger partial charge in [0.25, 0.3) is 0 Å². The van der Waals surface area contributed by atoms with E-state index < -0.39 is 5.63 Å². The normalized spacial score (nSPS) is 13.9. The molecule has 0 saturated heterocycles. The van der Waals surface area contributed by atoms with Gasteiger partial charge in [-0.05, 0) is 48.9 Å². The van der Waals surface area contributed by atoms with E-state index in [1.54, 1.807) is 41.6 Å². The molecule has 0 spiro atoms. The van der Waals surface area contributed by atoms with E-state index in [1.807, 2.05) is 0 Å². The number of aryl methyl sites for hydroxylation is 2. The van der Waals surface area contributed by atoms with E-state index in [1.165, 1.54) is 40.8 Å². The summed E-state index contributed by atoms with van der Waals surface area (Å²) < 4.78 is 5.22. The minimum absolute atomic E-state index is 0.0814. The van der Waals surface area contributed by atoms with Gasteiger partial charge < -0.3 is 9.52 Å². The highest BCUT2D eigenvalue weighted by Gasteiger charge is 2.20. The van der Waals surface area contributed by atoms with Crippen LogP contribution in [0.1, 0.15) is 28.8 Å². The maximum absolute atomic E-state index is 11.9. The van der Waals surface area contributed by atoms with Gasteiger partial charge in [-0.3, -0.25) is 0 Å². The molecule has 3 aromatic heterocycles. The molecule has 4 aromatic rings. The summed E-state index contributed by atoms with van der Waals surface area (Å²) in [5.41, 5.74) is 2.28. The van der Waals surface area contributed by atoms with Crippen molar-refractivity contribution in [2.45, 2.75) is 36.5 Å².